The third-order valence-corrected chi connectivity index (χ3v) is 1.75. The van der Waals surface area contributed by atoms with E-state index in [1.54, 1.807) is 0 Å². The van der Waals surface area contributed by atoms with Crippen LogP contribution in [0.25, 0.3) is 0 Å². The van der Waals surface area contributed by atoms with Crippen molar-refractivity contribution in [2.75, 3.05) is 19.1 Å². The summed E-state index contributed by atoms with van der Waals surface area (Å²) in [5, 5.41) is 0. The van der Waals surface area contributed by atoms with Crippen molar-refractivity contribution in [3.63, 3.8) is 0 Å². The topological polar surface area (TPSA) is 52.6 Å². The molecule has 0 aliphatic rings. The number of halogens is 2. The van der Waals surface area contributed by atoms with Gasteiger partial charge in [0.05, 0.1) is 19.1 Å². The molecule has 0 atom stereocenters. The van der Waals surface area contributed by atoms with Crippen LogP contribution in [0, 0.1) is 0 Å². The molecule has 6 heteroatoms. The van der Waals surface area contributed by atoms with Gasteiger partial charge in [0.1, 0.15) is 0 Å². The maximum Gasteiger partial charge on any atom is 0.357 e. The summed E-state index contributed by atoms with van der Waals surface area (Å²) in [7, 11) is 0. The second-order valence-corrected chi connectivity index (χ2v) is 2.64. The van der Waals surface area contributed by atoms with Crippen molar-refractivity contribution in [1.29, 1.82) is 0 Å². The van der Waals surface area contributed by atoms with Gasteiger partial charge in [-0.3, -0.25) is 0 Å². The fourth-order valence-corrected chi connectivity index (χ4v) is 0.902. The molecular formula is C8H12ClFO4. The van der Waals surface area contributed by atoms with E-state index in [4.69, 9.17) is 11.6 Å². The molecular weight excluding hydrogens is 215 g/mol. The predicted molar refractivity (Wildman–Crippen MR) is 47.8 cm³/mol. The van der Waals surface area contributed by atoms with Crippen molar-refractivity contribution in [2.24, 2.45) is 0 Å². The van der Waals surface area contributed by atoms with Crippen molar-refractivity contribution >= 4 is 23.5 Å². The summed E-state index contributed by atoms with van der Waals surface area (Å²) in [5.74, 6) is -3.44. The van der Waals surface area contributed by atoms with E-state index in [2.05, 4.69) is 9.47 Å². The smallest absolute Gasteiger partial charge is 0.357 e. The van der Waals surface area contributed by atoms with E-state index in [-0.39, 0.29) is 13.2 Å². The number of rotatable bonds is 5. The fourth-order valence-electron chi connectivity index (χ4n) is 0.683. The Morgan fingerprint density at radius 1 is 1.21 bits per heavy atom. The zero-order chi connectivity index (χ0) is 11.2. The molecule has 0 aromatic heterocycles. The lowest BCUT2D eigenvalue weighted by molar-refractivity contribution is -0.172. The lowest BCUT2D eigenvalue weighted by Crippen LogP contribution is -2.46. The van der Waals surface area contributed by atoms with Gasteiger partial charge in [-0.05, 0) is 13.8 Å². The number of carbonyl (C=O) groups excluding carboxylic acids is 2. The van der Waals surface area contributed by atoms with Crippen LogP contribution < -0.4 is 0 Å². The Balaban J connectivity index is 4.60. The van der Waals surface area contributed by atoms with Crippen LogP contribution in [-0.2, 0) is 19.1 Å². The highest BCUT2D eigenvalue weighted by atomic mass is 35.5. The van der Waals surface area contributed by atoms with E-state index < -0.39 is 23.5 Å². The van der Waals surface area contributed by atoms with Crippen LogP contribution in [0.5, 0.6) is 0 Å². The fraction of sp³-hybridized carbons (Fsp3) is 0.750. The molecule has 0 fully saturated rings. The molecule has 0 saturated heterocycles. The molecule has 0 unspecified atom stereocenters. The lowest BCUT2D eigenvalue weighted by atomic mass is 10.1. The third kappa shape index (κ3) is 2.83. The van der Waals surface area contributed by atoms with Gasteiger partial charge in [-0.15, -0.1) is 11.6 Å². The van der Waals surface area contributed by atoms with E-state index in [9.17, 15) is 14.0 Å². The number of hydrogen-bond acceptors (Lipinski definition) is 4. The molecule has 82 valence electrons. The molecule has 0 rings (SSSR count). The standard InChI is InChI=1S/C8H12ClFO4/c1-3-13-6(11)8(10,5-9)7(12)14-4-2/h3-5H2,1-2H3. The summed E-state index contributed by atoms with van der Waals surface area (Å²) in [6, 6.07) is 0. The number of esters is 2. The largest absolute Gasteiger partial charge is 0.463 e. The molecule has 0 aromatic carbocycles. The molecule has 0 aliphatic carbocycles. The van der Waals surface area contributed by atoms with Crippen molar-refractivity contribution in [2.45, 2.75) is 19.5 Å². The van der Waals surface area contributed by atoms with Crippen LogP contribution in [0.15, 0.2) is 0 Å². The zero-order valence-corrected chi connectivity index (χ0v) is 8.77. The highest BCUT2D eigenvalue weighted by molar-refractivity contribution is 6.24. The summed E-state index contributed by atoms with van der Waals surface area (Å²) in [6.45, 7) is 2.94. The van der Waals surface area contributed by atoms with Gasteiger partial charge in [0.15, 0.2) is 0 Å². The molecule has 0 saturated carbocycles. The maximum absolute atomic E-state index is 13.6. The van der Waals surface area contributed by atoms with E-state index in [0.29, 0.717) is 0 Å². The van der Waals surface area contributed by atoms with Crippen molar-refractivity contribution in [1.82, 2.24) is 0 Å². The summed E-state index contributed by atoms with van der Waals surface area (Å²) in [4.78, 5) is 22.1. The first-order valence-corrected chi connectivity index (χ1v) is 4.65. The van der Waals surface area contributed by atoms with Crippen LogP contribution in [0.4, 0.5) is 4.39 Å². The number of alkyl halides is 2. The van der Waals surface area contributed by atoms with Gasteiger partial charge in [-0.2, -0.15) is 0 Å². The molecule has 0 heterocycles. The Kier molecular flexibility index (Phi) is 5.45. The summed E-state index contributed by atoms with van der Waals surface area (Å²) < 4.78 is 22.3. The quantitative estimate of drug-likeness (QED) is 0.400. The first-order chi connectivity index (χ1) is 6.52. The molecule has 0 aliphatic heterocycles. The Hall–Kier alpha value is -0.840. The minimum atomic E-state index is -2.90. The van der Waals surface area contributed by atoms with Crippen molar-refractivity contribution < 1.29 is 23.5 Å². The number of ether oxygens (including phenoxy) is 2. The van der Waals surface area contributed by atoms with Crippen molar-refractivity contribution in [3.8, 4) is 0 Å². The molecule has 0 N–H and O–H groups in total. The van der Waals surface area contributed by atoms with Gasteiger partial charge in [0.2, 0.25) is 0 Å². The third-order valence-electron chi connectivity index (χ3n) is 1.38. The molecule has 0 spiro atoms. The van der Waals surface area contributed by atoms with Gasteiger partial charge in [0, 0.05) is 0 Å². The molecule has 14 heavy (non-hydrogen) atoms. The van der Waals surface area contributed by atoms with E-state index >= 15 is 0 Å². The average Bonchev–Trinajstić information content (AvgIpc) is 2.17. The second-order valence-electron chi connectivity index (χ2n) is 2.38. The predicted octanol–water partition coefficient (Wildman–Crippen LogP) is 1.06. The van der Waals surface area contributed by atoms with Gasteiger partial charge >= 0.3 is 17.6 Å². The Bertz CT molecular complexity index is 201. The van der Waals surface area contributed by atoms with E-state index in [0.717, 1.165) is 0 Å². The van der Waals surface area contributed by atoms with Crippen LogP contribution in [-0.4, -0.2) is 36.7 Å². The normalized spacial score (nSPS) is 10.9. The average molecular weight is 227 g/mol. The first kappa shape index (κ1) is 13.2. The molecule has 0 bridgehead atoms. The number of carbonyl (C=O) groups is 2. The zero-order valence-electron chi connectivity index (χ0n) is 8.01. The number of hydrogen-bond donors (Lipinski definition) is 0. The van der Waals surface area contributed by atoms with Gasteiger partial charge in [0.25, 0.3) is 0 Å². The lowest BCUT2D eigenvalue weighted by Gasteiger charge is -2.18. The minimum absolute atomic E-state index is 0.0270. The monoisotopic (exact) mass is 226 g/mol. The molecule has 0 amide bonds. The SMILES string of the molecule is CCOC(=O)C(F)(CCl)C(=O)OCC. The van der Waals surface area contributed by atoms with E-state index in [1.165, 1.54) is 13.8 Å². The van der Waals surface area contributed by atoms with Gasteiger partial charge in [-0.25, -0.2) is 14.0 Å². The highest BCUT2D eigenvalue weighted by Crippen LogP contribution is 2.18. The Morgan fingerprint density at radius 2 is 1.57 bits per heavy atom. The molecule has 4 nitrogen and oxygen atoms in total. The van der Waals surface area contributed by atoms with E-state index in [1.807, 2.05) is 0 Å². The Morgan fingerprint density at radius 3 is 1.79 bits per heavy atom. The molecule has 0 aromatic rings. The van der Waals surface area contributed by atoms with Gasteiger partial charge < -0.3 is 9.47 Å². The summed E-state index contributed by atoms with van der Waals surface area (Å²) >= 11 is 5.19. The van der Waals surface area contributed by atoms with Gasteiger partial charge in [-0.1, -0.05) is 0 Å². The summed E-state index contributed by atoms with van der Waals surface area (Å²) in [5.41, 5.74) is -2.90. The van der Waals surface area contributed by atoms with Crippen LogP contribution >= 0.6 is 11.6 Å². The summed E-state index contributed by atoms with van der Waals surface area (Å²) in [6.07, 6.45) is 0. The van der Waals surface area contributed by atoms with Crippen molar-refractivity contribution in [3.05, 3.63) is 0 Å². The minimum Gasteiger partial charge on any atom is -0.463 e. The Labute approximate surface area is 86.3 Å². The maximum atomic E-state index is 13.6. The first-order valence-electron chi connectivity index (χ1n) is 4.12. The molecule has 0 radical (unpaired) electrons. The highest BCUT2D eigenvalue weighted by Gasteiger charge is 2.49. The second kappa shape index (κ2) is 5.80. The van der Waals surface area contributed by atoms with Crippen LogP contribution in [0.3, 0.4) is 0 Å². The van der Waals surface area contributed by atoms with Crippen LogP contribution in [0.1, 0.15) is 13.8 Å². The van der Waals surface area contributed by atoms with Crippen LogP contribution in [0.2, 0.25) is 0 Å².